The van der Waals surface area contributed by atoms with E-state index in [9.17, 15) is 0 Å². The van der Waals surface area contributed by atoms with Gasteiger partial charge in [0.05, 0.1) is 20.8 Å². The number of hydrogen-bond donors (Lipinski definition) is 0. The highest BCUT2D eigenvalue weighted by molar-refractivity contribution is 7.99. The summed E-state index contributed by atoms with van der Waals surface area (Å²) in [6.45, 7) is 0. The van der Waals surface area contributed by atoms with Gasteiger partial charge in [0.1, 0.15) is 10.3 Å². The van der Waals surface area contributed by atoms with Gasteiger partial charge in [-0.15, -0.1) is 0 Å². The van der Waals surface area contributed by atoms with E-state index in [-0.39, 0.29) is 0 Å². The van der Waals surface area contributed by atoms with E-state index >= 15 is 0 Å². The quantitative estimate of drug-likeness (QED) is 0.397. The van der Waals surface area contributed by atoms with Gasteiger partial charge in [0.2, 0.25) is 0 Å². The fourth-order valence-corrected chi connectivity index (χ4v) is 3.80. The number of nitrogens with zero attached hydrogens (tertiary/aromatic N) is 2. The first-order chi connectivity index (χ1) is 11.2. The van der Waals surface area contributed by atoms with Crippen molar-refractivity contribution in [2.24, 2.45) is 0 Å². The monoisotopic (exact) mass is 356 g/mol. The van der Waals surface area contributed by atoms with Gasteiger partial charge < -0.3 is 0 Å². The molecule has 4 aromatic rings. The molecule has 0 spiro atoms. The predicted molar refractivity (Wildman–Crippen MR) is 97.6 cm³/mol. The highest BCUT2D eigenvalue weighted by Gasteiger charge is 2.11. The van der Waals surface area contributed by atoms with E-state index in [1.807, 2.05) is 60.7 Å². The minimum Gasteiger partial charge on any atom is -0.235 e. The fraction of sp³-hybridized carbons (Fsp3) is 0. The van der Waals surface area contributed by atoms with Crippen molar-refractivity contribution in [2.75, 3.05) is 0 Å². The zero-order chi connectivity index (χ0) is 15.8. The van der Waals surface area contributed by atoms with Crippen LogP contribution in [0.3, 0.4) is 0 Å². The first-order valence-corrected chi connectivity index (χ1v) is 8.56. The number of benzene rings is 2. The minimum absolute atomic E-state index is 0.470. The van der Waals surface area contributed by atoms with Crippen molar-refractivity contribution in [2.45, 2.75) is 9.79 Å². The van der Waals surface area contributed by atoms with Crippen molar-refractivity contribution in [3.63, 3.8) is 0 Å². The Bertz CT molecular complexity index is 951. The lowest BCUT2D eigenvalue weighted by atomic mass is 10.2. The molecule has 2 aromatic carbocycles. The Morgan fingerprint density at radius 2 is 1.09 bits per heavy atom. The Balaban J connectivity index is 1.81. The molecular formula is C18H10Cl2N2S. The van der Waals surface area contributed by atoms with Crippen LogP contribution in [0, 0.1) is 0 Å². The van der Waals surface area contributed by atoms with Gasteiger partial charge in [-0.2, -0.15) is 0 Å². The molecule has 0 radical (unpaired) electrons. The lowest BCUT2D eigenvalue weighted by Gasteiger charge is -2.08. The molecule has 0 saturated carbocycles. The van der Waals surface area contributed by atoms with Crippen LogP contribution >= 0.6 is 35.0 Å². The lowest BCUT2D eigenvalue weighted by Crippen LogP contribution is -1.87. The largest absolute Gasteiger partial charge is 0.235 e. The Kier molecular flexibility index (Phi) is 3.85. The molecule has 0 aliphatic rings. The first kappa shape index (κ1) is 14.8. The third-order valence-electron chi connectivity index (χ3n) is 3.51. The van der Waals surface area contributed by atoms with E-state index in [0.717, 1.165) is 31.6 Å². The SMILES string of the molecule is Clc1nc2ccccc2cc1Sc1cc2ccccc2nc1Cl. The van der Waals surface area contributed by atoms with Crippen molar-refractivity contribution in [3.8, 4) is 0 Å². The van der Waals surface area contributed by atoms with Crippen molar-refractivity contribution in [3.05, 3.63) is 71.0 Å². The second kappa shape index (κ2) is 6.00. The minimum atomic E-state index is 0.470. The maximum atomic E-state index is 6.33. The highest BCUT2D eigenvalue weighted by Crippen LogP contribution is 2.38. The summed E-state index contributed by atoms with van der Waals surface area (Å²) in [4.78, 5) is 10.6. The molecule has 4 rings (SSSR count). The molecule has 0 bridgehead atoms. The van der Waals surface area contributed by atoms with Crippen LogP contribution in [0.25, 0.3) is 21.8 Å². The average Bonchev–Trinajstić information content (AvgIpc) is 2.56. The number of hydrogen-bond acceptors (Lipinski definition) is 3. The molecule has 0 N–H and O–H groups in total. The molecule has 23 heavy (non-hydrogen) atoms. The van der Waals surface area contributed by atoms with Gasteiger partial charge in [-0.05, 0) is 24.3 Å². The smallest absolute Gasteiger partial charge is 0.143 e. The van der Waals surface area contributed by atoms with Crippen molar-refractivity contribution < 1.29 is 0 Å². The van der Waals surface area contributed by atoms with Crippen LogP contribution in [0.5, 0.6) is 0 Å². The van der Waals surface area contributed by atoms with E-state index in [1.165, 1.54) is 11.8 Å². The molecule has 5 heteroatoms. The molecule has 0 unspecified atom stereocenters. The molecule has 2 nitrogen and oxygen atoms in total. The maximum Gasteiger partial charge on any atom is 0.143 e. The molecule has 0 saturated heterocycles. The Morgan fingerprint density at radius 1 is 0.652 bits per heavy atom. The lowest BCUT2D eigenvalue weighted by molar-refractivity contribution is 1.27. The molecule has 0 fully saturated rings. The van der Waals surface area contributed by atoms with Crippen LogP contribution in [0.15, 0.2) is 70.5 Å². The van der Waals surface area contributed by atoms with Gasteiger partial charge in [-0.25, -0.2) is 9.97 Å². The summed E-state index contributed by atoms with van der Waals surface area (Å²) >= 11 is 14.1. The van der Waals surface area contributed by atoms with Gasteiger partial charge >= 0.3 is 0 Å². The number of rotatable bonds is 2. The molecule has 2 aromatic heterocycles. The van der Waals surface area contributed by atoms with Crippen LogP contribution in [-0.4, -0.2) is 9.97 Å². The zero-order valence-electron chi connectivity index (χ0n) is 11.8. The summed E-state index contributed by atoms with van der Waals surface area (Å²) in [6.07, 6.45) is 0. The fourth-order valence-electron chi connectivity index (χ4n) is 2.41. The van der Waals surface area contributed by atoms with Crippen molar-refractivity contribution in [1.29, 1.82) is 0 Å². The number of para-hydroxylation sites is 2. The summed E-state index contributed by atoms with van der Waals surface area (Å²) in [5, 5.41) is 3.03. The third kappa shape index (κ3) is 2.88. The van der Waals surface area contributed by atoms with Gasteiger partial charge in [0, 0.05) is 10.8 Å². The van der Waals surface area contributed by atoms with Gasteiger partial charge in [0.15, 0.2) is 0 Å². The summed E-state index contributed by atoms with van der Waals surface area (Å²) in [5.41, 5.74) is 1.76. The Morgan fingerprint density at radius 3 is 1.57 bits per heavy atom. The van der Waals surface area contributed by atoms with E-state index in [0.29, 0.717) is 10.3 Å². The van der Waals surface area contributed by atoms with Gasteiger partial charge in [-0.3, -0.25) is 0 Å². The summed E-state index contributed by atoms with van der Waals surface area (Å²) < 4.78 is 0. The second-order valence-corrected chi connectivity index (χ2v) is 6.84. The van der Waals surface area contributed by atoms with Gasteiger partial charge in [-0.1, -0.05) is 71.4 Å². The third-order valence-corrected chi connectivity index (χ3v) is 5.37. The molecule has 2 heterocycles. The van der Waals surface area contributed by atoms with Crippen molar-refractivity contribution in [1.82, 2.24) is 9.97 Å². The normalized spacial score (nSPS) is 11.2. The Hall–Kier alpha value is -1.81. The number of halogens is 2. The van der Waals surface area contributed by atoms with Crippen LogP contribution < -0.4 is 0 Å². The number of aromatic nitrogens is 2. The summed E-state index contributed by atoms with van der Waals surface area (Å²) in [5.74, 6) is 0. The molecule has 0 atom stereocenters. The number of pyridine rings is 2. The average molecular weight is 357 g/mol. The molecule has 112 valence electrons. The highest BCUT2D eigenvalue weighted by atomic mass is 35.5. The predicted octanol–water partition coefficient (Wildman–Crippen LogP) is 6.24. The van der Waals surface area contributed by atoms with Crippen molar-refractivity contribution >= 4 is 56.8 Å². The second-order valence-electron chi connectivity index (χ2n) is 5.04. The van der Waals surface area contributed by atoms with E-state index < -0.39 is 0 Å². The molecule has 0 aliphatic heterocycles. The van der Waals surface area contributed by atoms with Crippen LogP contribution in [0.2, 0.25) is 10.3 Å². The van der Waals surface area contributed by atoms with E-state index in [4.69, 9.17) is 23.2 Å². The topological polar surface area (TPSA) is 25.8 Å². The van der Waals surface area contributed by atoms with Crippen LogP contribution in [0.4, 0.5) is 0 Å². The standard InChI is InChI=1S/C18H10Cl2N2S/c19-17-15(9-11-5-1-3-7-13(11)21-17)23-16-10-12-6-2-4-8-14(12)22-18(16)20/h1-10H. The van der Waals surface area contributed by atoms with Crippen LogP contribution in [-0.2, 0) is 0 Å². The maximum absolute atomic E-state index is 6.33. The van der Waals surface area contributed by atoms with Crippen LogP contribution in [0.1, 0.15) is 0 Å². The Labute approximate surface area is 147 Å². The molecule has 0 amide bonds. The molecular weight excluding hydrogens is 347 g/mol. The zero-order valence-corrected chi connectivity index (χ0v) is 14.2. The van der Waals surface area contributed by atoms with Gasteiger partial charge in [0.25, 0.3) is 0 Å². The first-order valence-electron chi connectivity index (χ1n) is 6.99. The summed E-state index contributed by atoms with van der Waals surface area (Å²) in [6, 6.07) is 19.8. The molecule has 0 aliphatic carbocycles. The van der Waals surface area contributed by atoms with E-state index in [2.05, 4.69) is 9.97 Å². The summed E-state index contributed by atoms with van der Waals surface area (Å²) in [7, 11) is 0. The van der Waals surface area contributed by atoms with E-state index in [1.54, 1.807) is 0 Å². The number of fused-ring (bicyclic) bond motifs is 2.